The SMILES string of the molecule is Cc1cn(CCn2ccnc2-c2ccccc2-c2ccco2)nn1. The minimum atomic E-state index is 0.743. The van der Waals surface area contributed by atoms with Gasteiger partial charge < -0.3 is 8.98 Å². The Morgan fingerprint density at radius 2 is 1.92 bits per heavy atom. The van der Waals surface area contributed by atoms with Crippen LogP contribution in [0.25, 0.3) is 22.7 Å². The second kappa shape index (κ2) is 6.16. The minimum absolute atomic E-state index is 0.743. The van der Waals surface area contributed by atoms with Gasteiger partial charge in [0.2, 0.25) is 0 Å². The van der Waals surface area contributed by atoms with Gasteiger partial charge in [-0.3, -0.25) is 4.68 Å². The second-order valence-corrected chi connectivity index (χ2v) is 5.59. The molecule has 4 aromatic rings. The third-order valence-corrected chi connectivity index (χ3v) is 3.89. The zero-order valence-electron chi connectivity index (χ0n) is 13.3. The van der Waals surface area contributed by atoms with E-state index in [-0.39, 0.29) is 0 Å². The van der Waals surface area contributed by atoms with E-state index in [1.807, 2.05) is 60.5 Å². The molecule has 0 fully saturated rings. The lowest BCUT2D eigenvalue weighted by atomic mass is 10.0. The first-order chi connectivity index (χ1) is 11.8. The van der Waals surface area contributed by atoms with E-state index >= 15 is 0 Å². The molecule has 6 heteroatoms. The van der Waals surface area contributed by atoms with Gasteiger partial charge in [0, 0.05) is 36.3 Å². The van der Waals surface area contributed by atoms with Crippen molar-refractivity contribution in [3.8, 4) is 22.7 Å². The Morgan fingerprint density at radius 3 is 2.67 bits per heavy atom. The molecule has 120 valence electrons. The molecular formula is C18H17N5O. The van der Waals surface area contributed by atoms with Crippen molar-refractivity contribution in [1.82, 2.24) is 24.5 Å². The first-order valence-electron chi connectivity index (χ1n) is 7.82. The van der Waals surface area contributed by atoms with E-state index in [9.17, 15) is 0 Å². The maximum Gasteiger partial charge on any atom is 0.140 e. The molecular weight excluding hydrogens is 302 g/mol. The number of hydrogen-bond donors (Lipinski definition) is 0. The van der Waals surface area contributed by atoms with Crippen LogP contribution in [0, 0.1) is 6.92 Å². The van der Waals surface area contributed by atoms with Gasteiger partial charge in [-0.05, 0) is 19.1 Å². The lowest BCUT2D eigenvalue weighted by Crippen LogP contribution is -2.08. The molecule has 0 N–H and O–H groups in total. The summed E-state index contributed by atoms with van der Waals surface area (Å²) in [6.07, 6.45) is 7.43. The Labute approximate surface area is 139 Å². The Kier molecular flexibility index (Phi) is 3.70. The fourth-order valence-corrected chi connectivity index (χ4v) is 2.77. The number of nitrogens with zero attached hydrogens (tertiary/aromatic N) is 5. The molecule has 0 saturated carbocycles. The van der Waals surface area contributed by atoms with Gasteiger partial charge in [0.05, 0.1) is 18.5 Å². The molecule has 0 spiro atoms. The molecule has 4 rings (SSSR count). The number of furan rings is 1. The van der Waals surface area contributed by atoms with Gasteiger partial charge in [-0.2, -0.15) is 0 Å². The third kappa shape index (κ3) is 2.74. The van der Waals surface area contributed by atoms with Crippen molar-refractivity contribution in [3.63, 3.8) is 0 Å². The summed E-state index contributed by atoms with van der Waals surface area (Å²) in [6, 6.07) is 12.0. The van der Waals surface area contributed by atoms with Crippen molar-refractivity contribution < 1.29 is 4.42 Å². The first kappa shape index (κ1) is 14.4. The predicted molar refractivity (Wildman–Crippen MR) is 90.1 cm³/mol. The summed E-state index contributed by atoms with van der Waals surface area (Å²) in [5.41, 5.74) is 3.00. The summed E-state index contributed by atoms with van der Waals surface area (Å²) in [6.45, 7) is 3.45. The molecule has 0 aliphatic rings. The number of benzene rings is 1. The van der Waals surface area contributed by atoms with Crippen LogP contribution in [0.3, 0.4) is 0 Å². The molecule has 6 nitrogen and oxygen atoms in total. The van der Waals surface area contributed by atoms with E-state index in [2.05, 4.69) is 25.9 Å². The molecule has 0 atom stereocenters. The van der Waals surface area contributed by atoms with E-state index < -0.39 is 0 Å². The van der Waals surface area contributed by atoms with Crippen LogP contribution in [0.1, 0.15) is 5.69 Å². The van der Waals surface area contributed by atoms with Crippen LogP contribution in [0.2, 0.25) is 0 Å². The van der Waals surface area contributed by atoms with Crippen LogP contribution < -0.4 is 0 Å². The van der Waals surface area contributed by atoms with Crippen molar-refractivity contribution in [3.05, 3.63) is 66.9 Å². The molecule has 0 amide bonds. The Balaban J connectivity index is 1.65. The van der Waals surface area contributed by atoms with Crippen LogP contribution in [0.4, 0.5) is 0 Å². The van der Waals surface area contributed by atoms with E-state index in [0.29, 0.717) is 0 Å². The smallest absolute Gasteiger partial charge is 0.140 e. The molecule has 24 heavy (non-hydrogen) atoms. The monoisotopic (exact) mass is 319 g/mol. The average Bonchev–Trinajstić information content (AvgIpc) is 3.35. The summed E-state index contributed by atoms with van der Waals surface area (Å²) >= 11 is 0. The van der Waals surface area contributed by atoms with Crippen LogP contribution in [-0.4, -0.2) is 24.5 Å². The largest absolute Gasteiger partial charge is 0.464 e. The molecule has 3 heterocycles. The molecule has 0 bridgehead atoms. The highest BCUT2D eigenvalue weighted by Gasteiger charge is 2.13. The van der Waals surface area contributed by atoms with Gasteiger partial charge >= 0.3 is 0 Å². The number of aryl methyl sites for hydroxylation is 3. The van der Waals surface area contributed by atoms with Crippen LogP contribution in [0.5, 0.6) is 0 Å². The van der Waals surface area contributed by atoms with Crippen LogP contribution in [-0.2, 0) is 13.1 Å². The zero-order chi connectivity index (χ0) is 16.4. The zero-order valence-corrected chi connectivity index (χ0v) is 13.3. The lowest BCUT2D eigenvalue weighted by Gasteiger charge is -2.10. The molecule has 1 aromatic carbocycles. The number of aromatic nitrogens is 5. The summed E-state index contributed by atoms with van der Waals surface area (Å²) in [5, 5.41) is 8.11. The summed E-state index contributed by atoms with van der Waals surface area (Å²) in [4.78, 5) is 4.55. The quantitative estimate of drug-likeness (QED) is 0.565. The number of rotatable bonds is 5. The minimum Gasteiger partial charge on any atom is -0.464 e. The number of imidazole rings is 1. The Morgan fingerprint density at radius 1 is 1.04 bits per heavy atom. The van der Waals surface area contributed by atoms with Crippen LogP contribution >= 0.6 is 0 Å². The fourth-order valence-electron chi connectivity index (χ4n) is 2.77. The molecule has 0 aliphatic carbocycles. The highest BCUT2D eigenvalue weighted by molar-refractivity contribution is 5.78. The summed E-state index contributed by atoms with van der Waals surface area (Å²) in [5.74, 6) is 1.76. The van der Waals surface area contributed by atoms with Crippen LogP contribution in [0.15, 0.2) is 65.7 Å². The van der Waals surface area contributed by atoms with Crippen molar-refractivity contribution >= 4 is 0 Å². The van der Waals surface area contributed by atoms with Gasteiger partial charge in [-0.25, -0.2) is 4.98 Å². The van der Waals surface area contributed by atoms with Gasteiger partial charge in [0.25, 0.3) is 0 Å². The van der Waals surface area contributed by atoms with Crippen molar-refractivity contribution in [1.29, 1.82) is 0 Å². The van der Waals surface area contributed by atoms with E-state index in [4.69, 9.17) is 4.42 Å². The van der Waals surface area contributed by atoms with Gasteiger partial charge in [-0.1, -0.05) is 29.5 Å². The lowest BCUT2D eigenvalue weighted by molar-refractivity contribution is 0.521. The maximum absolute atomic E-state index is 5.57. The Hall–Kier alpha value is -3.15. The normalized spacial score (nSPS) is 11.0. The first-order valence-corrected chi connectivity index (χ1v) is 7.82. The fraction of sp³-hybridized carbons (Fsp3) is 0.167. The second-order valence-electron chi connectivity index (χ2n) is 5.59. The van der Waals surface area contributed by atoms with Gasteiger partial charge in [-0.15, -0.1) is 5.10 Å². The predicted octanol–water partition coefficient (Wildman–Crippen LogP) is 3.41. The van der Waals surface area contributed by atoms with E-state index in [1.54, 1.807) is 6.26 Å². The summed E-state index contributed by atoms with van der Waals surface area (Å²) < 4.78 is 9.54. The topological polar surface area (TPSA) is 61.7 Å². The van der Waals surface area contributed by atoms with Crippen molar-refractivity contribution in [2.24, 2.45) is 0 Å². The van der Waals surface area contributed by atoms with Crippen molar-refractivity contribution in [2.75, 3.05) is 0 Å². The number of hydrogen-bond acceptors (Lipinski definition) is 4. The standard InChI is InChI=1S/C18H17N5O/c1-14-13-23(21-20-14)11-10-22-9-8-19-18(22)16-6-3-2-5-15(16)17-7-4-12-24-17/h2-9,12-13H,10-11H2,1H3. The van der Waals surface area contributed by atoms with Gasteiger partial charge in [0.1, 0.15) is 11.6 Å². The highest BCUT2D eigenvalue weighted by Crippen LogP contribution is 2.31. The maximum atomic E-state index is 5.57. The van der Waals surface area contributed by atoms with E-state index in [1.165, 1.54) is 0 Å². The van der Waals surface area contributed by atoms with Gasteiger partial charge in [0.15, 0.2) is 0 Å². The molecule has 3 aromatic heterocycles. The molecule has 0 saturated heterocycles. The summed E-state index contributed by atoms with van der Waals surface area (Å²) in [7, 11) is 0. The highest BCUT2D eigenvalue weighted by atomic mass is 16.3. The average molecular weight is 319 g/mol. The molecule has 0 unspecified atom stereocenters. The van der Waals surface area contributed by atoms with Crippen molar-refractivity contribution in [2.45, 2.75) is 20.0 Å². The molecule has 0 radical (unpaired) electrons. The Bertz CT molecular complexity index is 936. The molecule has 0 aliphatic heterocycles. The third-order valence-electron chi connectivity index (χ3n) is 3.89. The van der Waals surface area contributed by atoms with E-state index in [0.717, 1.165) is 41.5 Å².